The number of anilines is 1. The number of hydrogen-bond donors (Lipinski definition) is 2. The van der Waals surface area contributed by atoms with E-state index >= 15 is 0 Å². The van der Waals surface area contributed by atoms with Crippen LogP contribution in [0.4, 0.5) is 5.69 Å². The summed E-state index contributed by atoms with van der Waals surface area (Å²) in [6.45, 7) is 3.48. The van der Waals surface area contributed by atoms with Crippen molar-refractivity contribution in [3.63, 3.8) is 0 Å². The Bertz CT molecular complexity index is 459. The van der Waals surface area contributed by atoms with Crippen molar-refractivity contribution in [2.24, 2.45) is 5.73 Å². The zero-order valence-corrected chi connectivity index (χ0v) is 12.7. The average Bonchev–Trinajstić information content (AvgIpc) is 2.49. The SMILES string of the molecule is COCC(N)C(=O)Nc1cccc(CN2CCCCC2)c1. The van der Waals surface area contributed by atoms with E-state index in [2.05, 4.69) is 16.3 Å². The third kappa shape index (κ3) is 5.12. The molecule has 2 rings (SSSR count). The Kier molecular flexibility index (Phi) is 6.17. The van der Waals surface area contributed by atoms with Gasteiger partial charge in [-0.05, 0) is 43.6 Å². The quantitative estimate of drug-likeness (QED) is 0.835. The maximum Gasteiger partial charge on any atom is 0.243 e. The number of methoxy groups -OCH3 is 1. The normalized spacial score (nSPS) is 17.4. The fourth-order valence-electron chi connectivity index (χ4n) is 2.61. The van der Waals surface area contributed by atoms with Crippen LogP contribution in [0, 0.1) is 0 Å². The van der Waals surface area contributed by atoms with Crippen LogP contribution in [0.2, 0.25) is 0 Å². The van der Waals surface area contributed by atoms with Crippen LogP contribution in [0.25, 0.3) is 0 Å². The molecule has 0 spiro atoms. The molecule has 0 saturated carbocycles. The lowest BCUT2D eigenvalue weighted by molar-refractivity contribution is -0.118. The summed E-state index contributed by atoms with van der Waals surface area (Å²) >= 11 is 0. The molecule has 0 radical (unpaired) electrons. The highest BCUT2D eigenvalue weighted by atomic mass is 16.5. The number of benzene rings is 1. The fraction of sp³-hybridized carbons (Fsp3) is 0.562. The highest BCUT2D eigenvalue weighted by Crippen LogP contribution is 2.16. The van der Waals surface area contributed by atoms with Gasteiger partial charge in [0.1, 0.15) is 6.04 Å². The van der Waals surface area contributed by atoms with Crippen LogP contribution >= 0.6 is 0 Å². The Morgan fingerprint density at radius 1 is 1.38 bits per heavy atom. The van der Waals surface area contributed by atoms with Crippen LogP contribution in [-0.2, 0) is 16.1 Å². The fourth-order valence-corrected chi connectivity index (χ4v) is 2.61. The molecule has 5 heteroatoms. The highest BCUT2D eigenvalue weighted by Gasteiger charge is 2.14. The van der Waals surface area contributed by atoms with E-state index in [1.54, 1.807) is 0 Å². The molecule has 1 saturated heterocycles. The number of nitrogens with one attached hydrogen (secondary N) is 1. The van der Waals surface area contributed by atoms with Gasteiger partial charge in [-0.25, -0.2) is 0 Å². The molecule has 21 heavy (non-hydrogen) atoms. The molecule has 1 atom stereocenters. The molecule has 5 nitrogen and oxygen atoms in total. The minimum absolute atomic E-state index is 0.216. The van der Waals surface area contributed by atoms with Crippen molar-refractivity contribution in [1.82, 2.24) is 4.90 Å². The Morgan fingerprint density at radius 2 is 2.14 bits per heavy atom. The Morgan fingerprint density at radius 3 is 2.86 bits per heavy atom. The standard InChI is InChI=1S/C16H25N3O2/c1-21-12-15(17)16(20)18-14-7-5-6-13(10-14)11-19-8-3-2-4-9-19/h5-7,10,15H,2-4,8-9,11-12,17H2,1H3,(H,18,20). The summed E-state index contributed by atoms with van der Waals surface area (Å²) in [5.74, 6) is -0.216. The molecule has 1 amide bonds. The Hall–Kier alpha value is -1.43. The van der Waals surface area contributed by atoms with Gasteiger partial charge in [-0.3, -0.25) is 9.69 Å². The van der Waals surface area contributed by atoms with Gasteiger partial charge < -0.3 is 15.8 Å². The summed E-state index contributed by atoms with van der Waals surface area (Å²) in [5, 5.41) is 2.84. The maximum atomic E-state index is 11.9. The monoisotopic (exact) mass is 291 g/mol. The first-order valence-electron chi connectivity index (χ1n) is 7.55. The van der Waals surface area contributed by atoms with Crippen LogP contribution in [0.15, 0.2) is 24.3 Å². The Balaban J connectivity index is 1.92. The zero-order chi connectivity index (χ0) is 15.1. The molecule has 0 aliphatic carbocycles. The number of ether oxygens (including phenoxy) is 1. The van der Waals surface area contributed by atoms with Crippen LogP contribution in [0.1, 0.15) is 24.8 Å². The van der Waals surface area contributed by atoms with Crippen LogP contribution in [0.3, 0.4) is 0 Å². The molecule has 1 fully saturated rings. The molecule has 1 aliphatic rings. The first-order valence-corrected chi connectivity index (χ1v) is 7.55. The van der Waals surface area contributed by atoms with Crippen molar-refractivity contribution in [3.05, 3.63) is 29.8 Å². The van der Waals surface area contributed by atoms with Crippen molar-refractivity contribution < 1.29 is 9.53 Å². The molecule has 116 valence electrons. The topological polar surface area (TPSA) is 67.6 Å². The number of amides is 1. The van der Waals surface area contributed by atoms with E-state index in [1.165, 1.54) is 31.9 Å². The van der Waals surface area contributed by atoms with Gasteiger partial charge in [0.25, 0.3) is 0 Å². The number of carbonyl (C=O) groups is 1. The largest absolute Gasteiger partial charge is 0.383 e. The smallest absolute Gasteiger partial charge is 0.243 e. The van der Waals surface area contributed by atoms with Gasteiger partial charge >= 0.3 is 0 Å². The maximum absolute atomic E-state index is 11.9. The number of hydrogen-bond acceptors (Lipinski definition) is 4. The molecule has 1 aromatic rings. The summed E-state index contributed by atoms with van der Waals surface area (Å²) in [5.41, 5.74) is 7.73. The second-order valence-corrected chi connectivity index (χ2v) is 5.59. The summed E-state index contributed by atoms with van der Waals surface area (Å²) in [6, 6.07) is 7.33. The van der Waals surface area contributed by atoms with Crippen molar-refractivity contribution in [2.45, 2.75) is 31.8 Å². The van der Waals surface area contributed by atoms with Gasteiger partial charge in [-0.15, -0.1) is 0 Å². The minimum atomic E-state index is -0.638. The lowest BCUT2D eigenvalue weighted by Gasteiger charge is -2.26. The highest BCUT2D eigenvalue weighted by molar-refractivity contribution is 5.94. The van der Waals surface area contributed by atoms with Crippen LogP contribution in [-0.4, -0.2) is 43.7 Å². The number of nitrogens with zero attached hydrogens (tertiary/aromatic N) is 1. The van der Waals surface area contributed by atoms with Gasteiger partial charge in [0.05, 0.1) is 6.61 Å². The van der Waals surface area contributed by atoms with E-state index in [1.807, 2.05) is 18.2 Å². The van der Waals surface area contributed by atoms with Crippen molar-refractivity contribution in [3.8, 4) is 0 Å². The third-order valence-corrected chi connectivity index (χ3v) is 3.73. The number of rotatable bonds is 6. The van der Waals surface area contributed by atoms with E-state index in [0.717, 1.165) is 25.3 Å². The second kappa shape index (κ2) is 8.12. The molecular weight excluding hydrogens is 266 g/mol. The van der Waals surface area contributed by atoms with Crippen molar-refractivity contribution >= 4 is 11.6 Å². The Labute approximate surface area is 126 Å². The van der Waals surface area contributed by atoms with Crippen molar-refractivity contribution in [2.75, 3.05) is 32.1 Å². The molecule has 0 aromatic heterocycles. The first kappa shape index (κ1) is 15.9. The average molecular weight is 291 g/mol. The molecule has 1 unspecified atom stereocenters. The number of carbonyl (C=O) groups excluding carboxylic acids is 1. The van der Waals surface area contributed by atoms with Crippen LogP contribution in [0.5, 0.6) is 0 Å². The van der Waals surface area contributed by atoms with Gasteiger partial charge in [-0.2, -0.15) is 0 Å². The zero-order valence-electron chi connectivity index (χ0n) is 12.7. The number of nitrogens with two attached hydrogens (primary N) is 1. The summed E-state index contributed by atoms with van der Waals surface area (Å²) in [4.78, 5) is 14.3. The minimum Gasteiger partial charge on any atom is -0.383 e. The van der Waals surface area contributed by atoms with E-state index < -0.39 is 6.04 Å². The summed E-state index contributed by atoms with van der Waals surface area (Å²) in [6.07, 6.45) is 3.90. The van der Waals surface area contributed by atoms with Gasteiger partial charge in [-0.1, -0.05) is 18.6 Å². The third-order valence-electron chi connectivity index (χ3n) is 3.73. The molecule has 1 aromatic carbocycles. The molecule has 1 heterocycles. The van der Waals surface area contributed by atoms with E-state index in [9.17, 15) is 4.79 Å². The summed E-state index contributed by atoms with van der Waals surface area (Å²) < 4.78 is 4.89. The van der Waals surface area contributed by atoms with Gasteiger partial charge in [0.15, 0.2) is 0 Å². The lowest BCUT2D eigenvalue weighted by Crippen LogP contribution is -2.39. The van der Waals surface area contributed by atoms with Crippen LogP contribution < -0.4 is 11.1 Å². The van der Waals surface area contributed by atoms with E-state index in [4.69, 9.17) is 10.5 Å². The van der Waals surface area contributed by atoms with E-state index in [0.29, 0.717) is 0 Å². The second-order valence-electron chi connectivity index (χ2n) is 5.59. The van der Waals surface area contributed by atoms with Gasteiger partial charge in [0.2, 0.25) is 5.91 Å². The molecule has 1 aliphatic heterocycles. The first-order chi connectivity index (χ1) is 10.2. The van der Waals surface area contributed by atoms with Gasteiger partial charge in [0, 0.05) is 19.3 Å². The van der Waals surface area contributed by atoms with Crippen molar-refractivity contribution in [1.29, 1.82) is 0 Å². The van der Waals surface area contributed by atoms with E-state index in [-0.39, 0.29) is 12.5 Å². The molecule has 3 N–H and O–H groups in total. The molecule has 0 bridgehead atoms. The number of likely N-dealkylation sites (tertiary alicyclic amines) is 1. The lowest BCUT2D eigenvalue weighted by atomic mass is 10.1. The predicted octanol–water partition coefficient (Wildman–Crippen LogP) is 1.58. The molecular formula is C16H25N3O2. The number of piperidine rings is 1. The predicted molar refractivity (Wildman–Crippen MR) is 84.1 cm³/mol. The summed E-state index contributed by atoms with van der Waals surface area (Å²) in [7, 11) is 1.53.